The first-order chi connectivity index (χ1) is 12.1. The van der Waals surface area contributed by atoms with E-state index in [-0.39, 0.29) is 6.04 Å². The molecule has 3 heterocycles. The molecule has 0 bridgehead atoms. The highest BCUT2D eigenvalue weighted by Crippen LogP contribution is 2.32. The number of nitrogens with zero attached hydrogens (tertiary/aromatic N) is 4. The molecule has 4 rings (SSSR count). The lowest BCUT2D eigenvalue weighted by molar-refractivity contribution is -0.0511. The second-order valence-electron chi connectivity index (χ2n) is 6.52. The third kappa shape index (κ3) is 2.75. The van der Waals surface area contributed by atoms with E-state index in [2.05, 4.69) is 20.3 Å². The second kappa shape index (κ2) is 6.46. The van der Waals surface area contributed by atoms with E-state index >= 15 is 0 Å². The number of hydrogen-bond donors (Lipinski definition) is 5. The molecule has 2 aliphatic rings. The Bertz CT molecular complexity index is 755. The van der Waals surface area contributed by atoms with Gasteiger partial charge in [0.1, 0.15) is 24.6 Å². The predicted molar refractivity (Wildman–Crippen MR) is 85.6 cm³/mol. The van der Waals surface area contributed by atoms with Crippen molar-refractivity contribution in [2.45, 2.75) is 55.9 Å². The highest BCUT2D eigenvalue weighted by atomic mass is 16.6. The van der Waals surface area contributed by atoms with E-state index in [0.29, 0.717) is 17.0 Å². The van der Waals surface area contributed by atoms with Crippen LogP contribution in [0.25, 0.3) is 11.2 Å². The molecule has 5 N–H and O–H groups in total. The van der Waals surface area contributed by atoms with Gasteiger partial charge in [0.15, 0.2) is 23.2 Å². The van der Waals surface area contributed by atoms with E-state index < -0.39 is 37.3 Å². The molecule has 1 aliphatic carbocycles. The molecule has 2 fully saturated rings. The molecule has 1 saturated heterocycles. The Morgan fingerprint density at radius 3 is 2.68 bits per heavy atom. The van der Waals surface area contributed by atoms with E-state index in [1.54, 1.807) is 0 Å². The topological polar surface area (TPSA) is 146 Å². The molecule has 0 amide bonds. The number of anilines is 1. The molecule has 0 radical (unpaired) electrons. The van der Waals surface area contributed by atoms with Gasteiger partial charge in [-0.2, -0.15) is 0 Å². The van der Waals surface area contributed by atoms with Crippen LogP contribution in [0.5, 0.6) is 0 Å². The Hall–Kier alpha value is -1.85. The molecule has 2 unspecified atom stereocenters. The molecular formula is C15H21N5O5. The lowest BCUT2D eigenvalue weighted by Gasteiger charge is -2.18. The highest BCUT2D eigenvalue weighted by Gasteiger charge is 2.44. The van der Waals surface area contributed by atoms with Crippen molar-refractivity contribution in [3.63, 3.8) is 0 Å². The fourth-order valence-corrected chi connectivity index (χ4v) is 3.54. The molecule has 2 aromatic heterocycles. The fourth-order valence-electron chi connectivity index (χ4n) is 3.54. The molecule has 0 aromatic carbocycles. The van der Waals surface area contributed by atoms with Crippen LogP contribution in [-0.4, -0.2) is 77.0 Å². The number of aliphatic hydroxyl groups excluding tert-OH is 4. The number of aliphatic hydroxyl groups is 4. The molecule has 10 heteroatoms. The van der Waals surface area contributed by atoms with Crippen molar-refractivity contribution >= 4 is 17.0 Å². The van der Waals surface area contributed by atoms with Crippen LogP contribution >= 0.6 is 0 Å². The Balaban J connectivity index is 1.65. The van der Waals surface area contributed by atoms with Crippen LogP contribution in [0, 0.1) is 0 Å². The normalized spacial score (nSPS) is 35.5. The summed E-state index contributed by atoms with van der Waals surface area (Å²) in [6, 6.07) is -0.0860. The van der Waals surface area contributed by atoms with E-state index in [1.807, 2.05) is 0 Å². The molecule has 1 aliphatic heterocycles. The third-order valence-corrected chi connectivity index (χ3v) is 4.95. The minimum atomic E-state index is -1.21. The summed E-state index contributed by atoms with van der Waals surface area (Å²) in [5.41, 5.74) is 0.916. The average Bonchev–Trinajstić information content (AvgIpc) is 3.29. The zero-order valence-electron chi connectivity index (χ0n) is 13.4. The summed E-state index contributed by atoms with van der Waals surface area (Å²) in [6.07, 6.45) is 0.768. The van der Waals surface area contributed by atoms with Gasteiger partial charge < -0.3 is 30.5 Å². The summed E-state index contributed by atoms with van der Waals surface area (Å²) in [4.78, 5) is 12.7. The third-order valence-electron chi connectivity index (χ3n) is 4.95. The Labute approximate surface area is 143 Å². The number of aromatic nitrogens is 4. The van der Waals surface area contributed by atoms with E-state index in [4.69, 9.17) is 4.74 Å². The molecule has 2 aromatic rings. The SMILES string of the molecule is OC[C@H]1O[C@@H](n2cnc3c(N[C@H]4CCC[C@@H]4O)ncnc32)C(O)C1O. The van der Waals surface area contributed by atoms with Gasteiger partial charge in [0.05, 0.1) is 25.1 Å². The monoisotopic (exact) mass is 351 g/mol. The standard InChI is InChI=1S/C15H21N5O5/c21-4-9-11(23)12(24)15(25-9)20-6-18-10-13(16-5-17-14(10)20)19-7-2-1-3-8(7)22/h5-9,11-12,15,21-24H,1-4H2,(H,16,17,19)/t7-,8-,9+,11?,12?,15+/m0/s1. The van der Waals surface area contributed by atoms with Gasteiger partial charge in [0.25, 0.3) is 0 Å². The van der Waals surface area contributed by atoms with Gasteiger partial charge in [-0.1, -0.05) is 0 Å². The number of rotatable bonds is 4. The zero-order chi connectivity index (χ0) is 17.6. The number of nitrogens with one attached hydrogen (secondary N) is 1. The van der Waals surface area contributed by atoms with Crippen molar-refractivity contribution < 1.29 is 25.2 Å². The summed E-state index contributed by atoms with van der Waals surface area (Å²) in [7, 11) is 0. The first-order valence-corrected chi connectivity index (χ1v) is 8.34. The minimum Gasteiger partial charge on any atom is -0.394 e. The molecule has 1 saturated carbocycles. The first-order valence-electron chi connectivity index (χ1n) is 8.34. The van der Waals surface area contributed by atoms with Crippen LogP contribution in [0.4, 0.5) is 5.82 Å². The minimum absolute atomic E-state index is 0.0860. The van der Waals surface area contributed by atoms with Crippen LogP contribution in [-0.2, 0) is 4.74 Å². The molecule has 10 nitrogen and oxygen atoms in total. The fraction of sp³-hybridized carbons (Fsp3) is 0.667. The van der Waals surface area contributed by atoms with Crippen molar-refractivity contribution in [2.24, 2.45) is 0 Å². The van der Waals surface area contributed by atoms with Crippen molar-refractivity contribution in [1.29, 1.82) is 0 Å². The van der Waals surface area contributed by atoms with Crippen molar-refractivity contribution in [3.05, 3.63) is 12.7 Å². The second-order valence-corrected chi connectivity index (χ2v) is 6.52. The van der Waals surface area contributed by atoms with Gasteiger partial charge in [-0.25, -0.2) is 15.0 Å². The zero-order valence-corrected chi connectivity index (χ0v) is 13.4. The number of imidazole rings is 1. The maximum atomic E-state index is 10.2. The van der Waals surface area contributed by atoms with Crippen LogP contribution in [0.15, 0.2) is 12.7 Å². The van der Waals surface area contributed by atoms with E-state index in [0.717, 1.165) is 19.3 Å². The molecule has 6 atom stereocenters. The summed E-state index contributed by atoms with van der Waals surface area (Å²) in [5.74, 6) is 0.501. The maximum Gasteiger partial charge on any atom is 0.167 e. The van der Waals surface area contributed by atoms with Gasteiger partial charge in [-0.05, 0) is 19.3 Å². The van der Waals surface area contributed by atoms with Crippen LogP contribution < -0.4 is 5.32 Å². The maximum absolute atomic E-state index is 10.2. The van der Waals surface area contributed by atoms with Crippen molar-refractivity contribution in [3.8, 4) is 0 Å². The van der Waals surface area contributed by atoms with Crippen LogP contribution in [0.2, 0.25) is 0 Å². The predicted octanol–water partition coefficient (Wildman–Crippen LogP) is -1.24. The Morgan fingerprint density at radius 2 is 2.00 bits per heavy atom. The largest absolute Gasteiger partial charge is 0.394 e. The smallest absolute Gasteiger partial charge is 0.167 e. The Kier molecular flexibility index (Phi) is 4.29. The highest BCUT2D eigenvalue weighted by molar-refractivity contribution is 5.82. The van der Waals surface area contributed by atoms with E-state index in [9.17, 15) is 20.4 Å². The van der Waals surface area contributed by atoms with E-state index in [1.165, 1.54) is 17.2 Å². The summed E-state index contributed by atoms with van der Waals surface area (Å²) >= 11 is 0. The van der Waals surface area contributed by atoms with Crippen LogP contribution in [0.3, 0.4) is 0 Å². The summed E-state index contributed by atoms with van der Waals surface area (Å²) < 4.78 is 7.04. The lowest BCUT2D eigenvalue weighted by atomic mass is 10.1. The van der Waals surface area contributed by atoms with Gasteiger partial charge in [-0.3, -0.25) is 4.57 Å². The number of hydrogen-bond acceptors (Lipinski definition) is 9. The quantitative estimate of drug-likeness (QED) is 0.456. The van der Waals surface area contributed by atoms with Crippen molar-refractivity contribution in [2.75, 3.05) is 11.9 Å². The summed E-state index contributed by atoms with van der Waals surface area (Å²) in [6.45, 7) is -0.400. The Morgan fingerprint density at radius 1 is 1.16 bits per heavy atom. The molecule has 25 heavy (non-hydrogen) atoms. The molecular weight excluding hydrogens is 330 g/mol. The van der Waals surface area contributed by atoms with Gasteiger partial charge in [-0.15, -0.1) is 0 Å². The van der Waals surface area contributed by atoms with Gasteiger partial charge in [0, 0.05) is 0 Å². The first kappa shape index (κ1) is 16.6. The molecule has 136 valence electrons. The van der Waals surface area contributed by atoms with Gasteiger partial charge >= 0.3 is 0 Å². The van der Waals surface area contributed by atoms with Crippen molar-refractivity contribution in [1.82, 2.24) is 19.5 Å². The number of fused-ring (bicyclic) bond motifs is 1. The average molecular weight is 351 g/mol. The van der Waals surface area contributed by atoms with Crippen LogP contribution in [0.1, 0.15) is 25.5 Å². The summed E-state index contributed by atoms with van der Waals surface area (Å²) in [5, 5.41) is 42.6. The lowest BCUT2D eigenvalue weighted by Crippen LogP contribution is -2.33. The van der Waals surface area contributed by atoms with Gasteiger partial charge in [0.2, 0.25) is 0 Å². The number of ether oxygens (including phenoxy) is 1. The molecule has 0 spiro atoms.